The zero-order valence-corrected chi connectivity index (χ0v) is 15.9. The molecule has 0 spiro atoms. The fraction of sp³-hybridized carbons (Fsp3) is 0.304. The first kappa shape index (κ1) is 18.4. The first-order valence-corrected chi connectivity index (χ1v) is 8.91. The van der Waals surface area contributed by atoms with Gasteiger partial charge in [-0.05, 0) is 64.6 Å². The Kier molecular flexibility index (Phi) is 4.78. The highest BCUT2D eigenvalue weighted by Crippen LogP contribution is 2.30. The van der Waals surface area contributed by atoms with Crippen LogP contribution >= 0.6 is 0 Å². The summed E-state index contributed by atoms with van der Waals surface area (Å²) in [6.45, 7) is 8.33. The van der Waals surface area contributed by atoms with Crippen molar-refractivity contribution in [2.75, 3.05) is 6.61 Å². The van der Waals surface area contributed by atoms with Crippen LogP contribution in [0.3, 0.4) is 0 Å². The van der Waals surface area contributed by atoms with Gasteiger partial charge in [0.15, 0.2) is 0 Å². The number of benzene rings is 3. The molecule has 0 bridgehead atoms. The minimum atomic E-state index is -0.738. The lowest BCUT2D eigenvalue weighted by atomic mass is 9.87. The lowest BCUT2D eigenvalue weighted by Gasteiger charge is -2.22. The second kappa shape index (κ2) is 6.75. The summed E-state index contributed by atoms with van der Waals surface area (Å²) in [6.07, 6.45) is 0. The Balaban J connectivity index is 1.84. The van der Waals surface area contributed by atoms with Crippen LogP contribution in [0.5, 0.6) is 11.5 Å². The average molecular weight is 349 g/mol. The van der Waals surface area contributed by atoms with Crippen LogP contribution in [0.1, 0.15) is 38.8 Å². The van der Waals surface area contributed by atoms with Crippen LogP contribution in [0, 0.1) is 0 Å². The number of hydrogen-bond donors (Lipinski definition) is 2. The maximum absolute atomic E-state index is 9.45. The number of fused-ring (bicyclic) bond motifs is 1. The number of aliphatic hydroxyl groups is 1. The molecule has 0 fully saturated rings. The highest BCUT2D eigenvalue weighted by molar-refractivity contribution is 5.84. The van der Waals surface area contributed by atoms with Crippen molar-refractivity contribution in [2.24, 2.45) is 5.73 Å². The zero-order chi connectivity index (χ0) is 18.9. The van der Waals surface area contributed by atoms with Crippen molar-refractivity contribution in [3.05, 3.63) is 71.8 Å². The first-order valence-electron chi connectivity index (χ1n) is 8.91. The Morgan fingerprint density at radius 1 is 0.769 bits per heavy atom. The molecule has 0 saturated carbocycles. The van der Waals surface area contributed by atoms with E-state index in [0.29, 0.717) is 0 Å². The third kappa shape index (κ3) is 3.90. The van der Waals surface area contributed by atoms with Crippen molar-refractivity contribution in [1.29, 1.82) is 0 Å². The van der Waals surface area contributed by atoms with Gasteiger partial charge in [0.25, 0.3) is 0 Å². The number of hydrogen-bond acceptors (Lipinski definition) is 3. The van der Waals surface area contributed by atoms with Crippen LogP contribution in [-0.2, 0) is 11.0 Å². The van der Waals surface area contributed by atoms with Crippen LogP contribution in [0.15, 0.2) is 60.7 Å². The number of nitrogens with two attached hydrogens (primary N) is 1. The van der Waals surface area contributed by atoms with E-state index in [-0.39, 0.29) is 12.0 Å². The molecule has 0 aliphatic heterocycles. The van der Waals surface area contributed by atoms with Gasteiger partial charge in [-0.2, -0.15) is 0 Å². The highest BCUT2D eigenvalue weighted by atomic mass is 16.5. The van der Waals surface area contributed by atoms with E-state index in [1.54, 1.807) is 0 Å². The molecular weight excluding hydrogens is 322 g/mol. The smallest absolute Gasteiger partial charge is 0.128 e. The summed E-state index contributed by atoms with van der Waals surface area (Å²) in [6, 6.07) is 20.2. The Bertz CT molecular complexity index is 906. The Labute approximate surface area is 155 Å². The maximum atomic E-state index is 9.45. The van der Waals surface area contributed by atoms with Crippen molar-refractivity contribution in [2.45, 2.75) is 38.6 Å². The van der Waals surface area contributed by atoms with E-state index in [0.717, 1.165) is 27.8 Å². The number of ether oxygens (including phenoxy) is 1. The van der Waals surface area contributed by atoms with Gasteiger partial charge in [-0.1, -0.05) is 51.1 Å². The van der Waals surface area contributed by atoms with E-state index in [1.807, 2.05) is 55.5 Å². The molecule has 0 aliphatic carbocycles. The summed E-state index contributed by atoms with van der Waals surface area (Å²) < 4.78 is 6.01. The molecule has 0 heterocycles. The van der Waals surface area contributed by atoms with Crippen molar-refractivity contribution in [3.8, 4) is 11.5 Å². The molecule has 0 radical (unpaired) electrons. The standard InChI is InChI=1S/C23H27NO2/c1-22(2,3)18-8-11-20(12-9-18)26-21-10-6-16-13-19(23(4,24)15-25)7-5-17(16)14-21/h5-14,25H,15,24H2,1-4H3. The van der Waals surface area contributed by atoms with Gasteiger partial charge < -0.3 is 15.6 Å². The quantitative estimate of drug-likeness (QED) is 0.689. The van der Waals surface area contributed by atoms with Gasteiger partial charge >= 0.3 is 0 Å². The molecule has 3 aromatic carbocycles. The molecule has 0 aliphatic rings. The van der Waals surface area contributed by atoms with Gasteiger partial charge in [-0.15, -0.1) is 0 Å². The molecule has 3 N–H and O–H groups in total. The largest absolute Gasteiger partial charge is 0.457 e. The second-order valence-electron chi connectivity index (χ2n) is 8.18. The molecule has 3 rings (SSSR count). The summed E-state index contributed by atoms with van der Waals surface area (Å²) in [5.41, 5.74) is 7.72. The van der Waals surface area contributed by atoms with Crippen molar-refractivity contribution < 1.29 is 9.84 Å². The summed E-state index contributed by atoms with van der Waals surface area (Å²) >= 11 is 0. The van der Waals surface area contributed by atoms with E-state index >= 15 is 0 Å². The minimum absolute atomic E-state index is 0.0930. The molecule has 0 aromatic heterocycles. The third-order valence-corrected chi connectivity index (χ3v) is 4.76. The lowest BCUT2D eigenvalue weighted by molar-refractivity contribution is 0.210. The van der Waals surface area contributed by atoms with Gasteiger partial charge in [0.1, 0.15) is 11.5 Å². The van der Waals surface area contributed by atoms with E-state index < -0.39 is 5.54 Å². The molecule has 136 valence electrons. The molecule has 3 nitrogen and oxygen atoms in total. The summed E-state index contributed by atoms with van der Waals surface area (Å²) in [7, 11) is 0. The van der Waals surface area contributed by atoms with Crippen molar-refractivity contribution >= 4 is 10.8 Å². The topological polar surface area (TPSA) is 55.5 Å². The SMILES string of the molecule is CC(C)(C)c1ccc(Oc2ccc3cc(C(C)(N)CO)ccc3c2)cc1. The Morgan fingerprint density at radius 3 is 1.92 bits per heavy atom. The van der Waals surface area contributed by atoms with Gasteiger partial charge in [-0.3, -0.25) is 0 Å². The van der Waals surface area contributed by atoms with Crippen molar-refractivity contribution in [3.63, 3.8) is 0 Å². The zero-order valence-electron chi connectivity index (χ0n) is 15.9. The van der Waals surface area contributed by atoms with Gasteiger partial charge in [0.05, 0.1) is 12.1 Å². The Hall–Kier alpha value is -2.36. The molecule has 3 aromatic rings. The predicted octanol–water partition coefficient (Wildman–Crippen LogP) is 5.10. The molecule has 0 amide bonds. The molecule has 0 saturated heterocycles. The molecule has 1 unspecified atom stereocenters. The minimum Gasteiger partial charge on any atom is -0.457 e. The van der Waals surface area contributed by atoms with Crippen LogP contribution in [0.25, 0.3) is 10.8 Å². The first-order chi connectivity index (χ1) is 12.2. The second-order valence-corrected chi connectivity index (χ2v) is 8.18. The molecule has 1 atom stereocenters. The third-order valence-electron chi connectivity index (χ3n) is 4.76. The highest BCUT2D eigenvalue weighted by Gasteiger charge is 2.20. The molecule has 26 heavy (non-hydrogen) atoms. The average Bonchev–Trinajstić information content (AvgIpc) is 2.61. The summed E-state index contributed by atoms with van der Waals surface area (Å²) in [4.78, 5) is 0. The summed E-state index contributed by atoms with van der Waals surface area (Å²) in [5.74, 6) is 1.62. The fourth-order valence-corrected chi connectivity index (χ4v) is 2.89. The molecular formula is C23H27NO2. The number of rotatable bonds is 4. The fourth-order valence-electron chi connectivity index (χ4n) is 2.89. The van der Waals surface area contributed by atoms with Gasteiger partial charge in [-0.25, -0.2) is 0 Å². The van der Waals surface area contributed by atoms with Crippen molar-refractivity contribution in [1.82, 2.24) is 0 Å². The van der Waals surface area contributed by atoms with E-state index in [9.17, 15) is 5.11 Å². The van der Waals surface area contributed by atoms with E-state index in [1.165, 1.54) is 5.56 Å². The Morgan fingerprint density at radius 2 is 1.31 bits per heavy atom. The molecule has 3 heteroatoms. The van der Waals surface area contributed by atoms with Crippen LogP contribution < -0.4 is 10.5 Å². The monoisotopic (exact) mass is 349 g/mol. The van der Waals surface area contributed by atoms with E-state index in [2.05, 4.69) is 32.9 Å². The van der Waals surface area contributed by atoms with Gasteiger partial charge in [0.2, 0.25) is 0 Å². The predicted molar refractivity (Wildman–Crippen MR) is 108 cm³/mol. The van der Waals surface area contributed by atoms with Gasteiger partial charge in [0, 0.05) is 0 Å². The van der Waals surface area contributed by atoms with Crippen LogP contribution in [0.4, 0.5) is 0 Å². The van der Waals surface area contributed by atoms with E-state index in [4.69, 9.17) is 10.5 Å². The van der Waals surface area contributed by atoms with Crippen LogP contribution in [0.2, 0.25) is 0 Å². The number of aliphatic hydroxyl groups excluding tert-OH is 1. The van der Waals surface area contributed by atoms with Crippen LogP contribution in [-0.4, -0.2) is 11.7 Å². The maximum Gasteiger partial charge on any atom is 0.128 e. The normalized spacial score (nSPS) is 14.2. The summed E-state index contributed by atoms with van der Waals surface area (Å²) in [5, 5.41) is 11.6. The lowest BCUT2D eigenvalue weighted by Crippen LogP contribution is -2.36.